The lowest BCUT2D eigenvalue weighted by Crippen LogP contribution is -2.43. The fraction of sp³-hybridized carbons (Fsp3) is 0.217. The Morgan fingerprint density at radius 3 is 2.54 bits per heavy atom. The molecule has 0 bridgehead atoms. The number of amides is 4. The molecule has 12 heteroatoms. The van der Waals surface area contributed by atoms with E-state index in [1.54, 1.807) is 23.6 Å². The summed E-state index contributed by atoms with van der Waals surface area (Å²) in [6, 6.07) is 4.66. The predicted octanol–water partition coefficient (Wildman–Crippen LogP) is 4.80. The SMILES string of the molecule is CSc1c(F)cc(N2C(=O)N(Cc3ccnc(-c4ccsc4C(N)=O)c3)C(C)(C)C2=O)c(F)c1F. The van der Waals surface area contributed by atoms with Crippen molar-refractivity contribution in [3.05, 3.63) is 63.7 Å². The molecular weight excluding hydrogens is 501 g/mol. The first kappa shape index (κ1) is 24.7. The quantitative estimate of drug-likeness (QED) is 0.286. The second-order valence-electron chi connectivity index (χ2n) is 8.18. The van der Waals surface area contributed by atoms with E-state index in [1.165, 1.54) is 42.5 Å². The number of anilines is 1. The van der Waals surface area contributed by atoms with E-state index in [-0.39, 0.29) is 6.54 Å². The topological polar surface area (TPSA) is 96.6 Å². The minimum absolute atomic E-state index is 0.0882. The van der Waals surface area contributed by atoms with Crippen LogP contribution in [0.5, 0.6) is 0 Å². The van der Waals surface area contributed by atoms with Crippen molar-refractivity contribution in [3.8, 4) is 11.3 Å². The van der Waals surface area contributed by atoms with Crippen LogP contribution in [0.2, 0.25) is 0 Å². The number of benzene rings is 1. The molecule has 3 heterocycles. The number of nitrogens with two attached hydrogens (primary N) is 1. The number of halogens is 3. The lowest BCUT2D eigenvalue weighted by molar-refractivity contribution is -0.123. The molecule has 182 valence electrons. The van der Waals surface area contributed by atoms with E-state index < -0.39 is 51.4 Å². The van der Waals surface area contributed by atoms with Gasteiger partial charge in [0.25, 0.3) is 11.8 Å². The number of imide groups is 1. The first-order valence-corrected chi connectivity index (χ1v) is 12.3. The maximum absolute atomic E-state index is 14.8. The molecule has 0 atom stereocenters. The molecule has 7 nitrogen and oxygen atoms in total. The van der Waals surface area contributed by atoms with Crippen LogP contribution in [0.25, 0.3) is 11.3 Å². The van der Waals surface area contributed by atoms with Crippen LogP contribution >= 0.6 is 23.1 Å². The molecule has 0 saturated carbocycles. The molecular formula is C23H19F3N4O3S2. The summed E-state index contributed by atoms with van der Waals surface area (Å²) in [7, 11) is 0. The zero-order valence-electron chi connectivity index (χ0n) is 18.8. The number of carbonyl (C=O) groups is 3. The number of thiophene rings is 1. The van der Waals surface area contributed by atoms with Gasteiger partial charge in [-0.15, -0.1) is 23.1 Å². The van der Waals surface area contributed by atoms with Gasteiger partial charge in [0, 0.05) is 24.4 Å². The van der Waals surface area contributed by atoms with E-state index in [0.29, 0.717) is 44.4 Å². The smallest absolute Gasteiger partial charge is 0.332 e. The van der Waals surface area contributed by atoms with Crippen LogP contribution in [0.4, 0.5) is 23.7 Å². The van der Waals surface area contributed by atoms with E-state index in [4.69, 9.17) is 5.73 Å². The predicted molar refractivity (Wildman–Crippen MR) is 127 cm³/mol. The third-order valence-corrected chi connectivity index (χ3v) is 7.41. The van der Waals surface area contributed by atoms with E-state index >= 15 is 0 Å². The van der Waals surface area contributed by atoms with Gasteiger partial charge in [0.15, 0.2) is 11.6 Å². The first-order chi connectivity index (χ1) is 16.5. The molecule has 2 N–H and O–H groups in total. The van der Waals surface area contributed by atoms with Crippen molar-refractivity contribution in [2.45, 2.75) is 30.8 Å². The second-order valence-corrected chi connectivity index (χ2v) is 9.92. The van der Waals surface area contributed by atoms with Gasteiger partial charge in [-0.3, -0.25) is 14.6 Å². The monoisotopic (exact) mass is 520 g/mol. The van der Waals surface area contributed by atoms with Crippen molar-refractivity contribution in [3.63, 3.8) is 0 Å². The highest BCUT2D eigenvalue weighted by molar-refractivity contribution is 7.98. The summed E-state index contributed by atoms with van der Waals surface area (Å²) < 4.78 is 43.6. The van der Waals surface area contributed by atoms with Crippen LogP contribution in [0.1, 0.15) is 29.1 Å². The summed E-state index contributed by atoms with van der Waals surface area (Å²) >= 11 is 1.84. The normalized spacial score (nSPS) is 15.3. The minimum Gasteiger partial charge on any atom is -0.365 e. The summed E-state index contributed by atoms with van der Waals surface area (Å²) in [6.45, 7) is 2.83. The van der Waals surface area contributed by atoms with Crippen molar-refractivity contribution in [2.75, 3.05) is 11.2 Å². The summed E-state index contributed by atoms with van der Waals surface area (Å²) in [4.78, 5) is 43.8. The fourth-order valence-corrected chi connectivity index (χ4v) is 5.11. The number of hydrogen-bond donors (Lipinski definition) is 1. The summed E-state index contributed by atoms with van der Waals surface area (Å²) in [6.07, 6.45) is 2.86. The van der Waals surface area contributed by atoms with E-state index in [1.807, 2.05) is 0 Å². The van der Waals surface area contributed by atoms with Gasteiger partial charge in [0.2, 0.25) is 0 Å². The van der Waals surface area contributed by atoms with Crippen molar-refractivity contribution in [1.29, 1.82) is 0 Å². The minimum atomic E-state index is -1.49. The Balaban J connectivity index is 1.70. The van der Waals surface area contributed by atoms with Gasteiger partial charge in [-0.05, 0) is 49.2 Å². The van der Waals surface area contributed by atoms with Crippen LogP contribution in [0, 0.1) is 17.5 Å². The van der Waals surface area contributed by atoms with E-state index in [0.717, 1.165) is 0 Å². The number of nitrogens with zero attached hydrogens (tertiary/aromatic N) is 3. The Hall–Kier alpha value is -3.38. The zero-order valence-corrected chi connectivity index (χ0v) is 20.4. The van der Waals surface area contributed by atoms with Crippen LogP contribution < -0.4 is 10.6 Å². The molecule has 3 aromatic rings. The number of thioether (sulfide) groups is 1. The van der Waals surface area contributed by atoms with Gasteiger partial charge in [0.05, 0.1) is 16.3 Å². The molecule has 2 aromatic heterocycles. The molecule has 1 aliphatic rings. The maximum atomic E-state index is 14.8. The maximum Gasteiger partial charge on any atom is 0.332 e. The van der Waals surface area contributed by atoms with E-state index in [2.05, 4.69) is 4.98 Å². The number of pyridine rings is 1. The Bertz CT molecular complexity index is 1380. The lowest BCUT2D eigenvalue weighted by atomic mass is 10.0. The van der Waals surface area contributed by atoms with Gasteiger partial charge in [-0.1, -0.05) is 0 Å². The lowest BCUT2D eigenvalue weighted by Gasteiger charge is -2.27. The molecule has 1 aliphatic heterocycles. The Morgan fingerprint density at radius 1 is 1.17 bits per heavy atom. The Kier molecular flexibility index (Phi) is 6.36. The number of primary amides is 1. The van der Waals surface area contributed by atoms with Gasteiger partial charge in [0.1, 0.15) is 16.2 Å². The molecule has 0 unspecified atom stereocenters. The van der Waals surface area contributed by atoms with Crippen molar-refractivity contribution >= 4 is 46.6 Å². The molecule has 0 aliphatic carbocycles. The number of urea groups is 1. The largest absolute Gasteiger partial charge is 0.365 e. The summed E-state index contributed by atoms with van der Waals surface area (Å²) in [5.74, 6) is -5.47. The third kappa shape index (κ3) is 4.06. The first-order valence-electron chi connectivity index (χ1n) is 10.2. The second kappa shape index (κ2) is 9.00. The van der Waals surface area contributed by atoms with Gasteiger partial charge in [-0.2, -0.15) is 0 Å². The van der Waals surface area contributed by atoms with Crippen LogP contribution in [-0.4, -0.2) is 39.5 Å². The molecule has 4 amide bonds. The van der Waals surface area contributed by atoms with E-state index in [9.17, 15) is 27.6 Å². The standard InChI is InChI=1S/C23H19F3N4O3S2/c1-23(2)21(32)30(15-9-13(24)19(34-3)17(26)16(15)25)22(33)29(23)10-11-4-6-28-14(8-11)12-5-7-35-18(12)20(27)31/h4-9H,10H2,1-3H3,(H2,27,31). The Labute approximate surface area is 206 Å². The molecule has 0 radical (unpaired) electrons. The molecule has 4 rings (SSSR count). The summed E-state index contributed by atoms with van der Waals surface area (Å²) in [5.41, 5.74) is 4.71. The zero-order chi connectivity index (χ0) is 25.7. The molecule has 1 fully saturated rings. The van der Waals surface area contributed by atoms with Gasteiger partial charge >= 0.3 is 6.03 Å². The van der Waals surface area contributed by atoms with Gasteiger partial charge in [-0.25, -0.2) is 22.9 Å². The molecule has 0 spiro atoms. The summed E-state index contributed by atoms with van der Waals surface area (Å²) in [5, 5.41) is 1.70. The van der Waals surface area contributed by atoms with Crippen LogP contribution in [0.15, 0.2) is 40.7 Å². The molecule has 1 saturated heterocycles. The van der Waals surface area contributed by atoms with Gasteiger partial charge < -0.3 is 10.6 Å². The van der Waals surface area contributed by atoms with Crippen LogP contribution in [-0.2, 0) is 11.3 Å². The highest BCUT2D eigenvalue weighted by Gasteiger charge is 2.52. The molecule has 35 heavy (non-hydrogen) atoms. The number of rotatable bonds is 6. The number of carbonyl (C=O) groups excluding carboxylic acids is 3. The highest BCUT2D eigenvalue weighted by Crippen LogP contribution is 2.38. The average molecular weight is 521 g/mol. The van der Waals surface area contributed by atoms with Crippen molar-refractivity contribution in [1.82, 2.24) is 9.88 Å². The fourth-order valence-electron chi connectivity index (χ4n) is 3.83. The molecule has 1 aromatic carbocycles. The number of aromatic nitrogens is 1. The third-order valence-electron chi connectivity index (χ3n) is 5.70. The highest BCUT2D eigenvalue weighted by atomic mass is 32.2. The van der Waals surface area contributed by atoms with Crippen molar-refractivity contribution in [2.24, 2.45) is 5.73 Å². The average Bonchev–Trinajstić information content (AvgIpc) is 3.36. The van der Waals surface area contributed by atoms with Crippen LogP contribution in [0.3, 0.4) is 0 Å². The number of hydrogen-bond acceptors (Lipinski definition) is 6. The Morgan fingerprint density at radius 2 is 1.89 bits per heavy atom. The van der Waals surface area contributed by atoms with Crippen molar-refractivity contribution < 1.29 is 27.6 Å².